The average Bonchev–Trinajstić information content (AvgIpc) is 1.52. The smallest absolute Gasteiger partial charge is 0.471 e. The van der Waals surface area contributed by atoms with Gasteiger partial charge >= 0.3 is 26.1 Å². The Morgan fingerprint density at radius 1 is 0.284 bits per heavy atom. The first kappa shape index (κ1) is 70.4. The third kappa shape index (κ3) is 12.5. The number of carbonyl (C=O) groups excluding carboxylic acids is 1. The monoisotopic (exact) mass is 1660 g/mol. The van der Waals surface area contributed by atoms with Gasteiger partial charge in [-0.2, -0.15) is 0 Å². The topological polar surface area (TPSA) is 79.8 Å². The molecule has 0 radical (unpaired) electrons. The summed E-state index contributed by atoms with van der Waals surface area (Å²) < 4.78 is 14.0. The van der Waals surface area contributed by atoms with Crippen molar-refractivity contribution in [3.05, 3.63) is 418 Å². The SMILES string of the molecule is Cc1cccnc1-c1[c-]cc(OC(=O)c2cc(-c3ccccc3-c3c[c-]c(-c4ccccn4)cc3-c3ccc4c(c3)c3ccccc3n4-c3ccccc3)cc(-c3ccccc3-c3c[c-]c(-c4ccccn4)cc3-c3ccc4c(c3)c3ccccc3n4-c3ccccc3)c2)c(-c2ccc3c(c2)c2ccccc2n3-c2ccccc2)c1.[Ir+3]. The minimum Gasteiger partial charge on any atom is -0.471 e. The van der Waals surface area contributed by atoms with E-state index in [1.54, 1.807) is 12.3 Å². The van der Waals surface area contributed by atoms with Crippen molar-refractivity contribution in [3.8, 4) is 134 Å². The number of rotatable bonds is 15. The molecule has 116 heavy (non-hydrogen) atoms. The summed E-state index contributed by atoms with van der Waals surface area (Å²) in [4.78, 5) is 31.0. The van der Waals surface area contributed by atoms with E-state index in [-0.39, 0.29) is 20.1 Å². The molecular formula is C107H67IrN6O2. The number of pyridine rings is 3. The number of nitrogens with zero attached hydrogens (tertiary/aromatic N) is 6. The van der Waals surface area contributed by atoms with Crippen LogP contribution >= 0.6 is 0 Å². The Morgan fingerprint density at radius 2 is 0.655 bits per heavy atom. The largest absolute Gasteiger partial charge is 3.00 e. The first-order valence-electron chi connectivity index (χ1n) is 38.6. The van der Waals surface area contributed by atoms with Crippen LogP contribution in [-0.2, 0) is 20.1 Å². The zero-order valence-electron chi connectivity index (χ0n) is 62.8. The molecule has 546 valence electrons. The predicted octanol–water partition coefficient (Wildman–Crippen LogP) is 26.8. The molecule has 0 amide bonds. The summed E-state index contributed by atoms with van der Waals surface area (Å²) in [6.45, 7) is 2.05. The van der Waals surface area contributed by atoms with Gasteiger partial charge < -0.3 is 33.4 Å². The Labute approximate surface area is 684 Å². The normalized spacial score (nSPS) is 11.5. The minimum absolute atomic E-state index is 0. The van der Waals surface area contributed by atoms with Gasteiger partial charge in [-0.1, -0.05) is 251 Å². The van der Waals surface area contributed by atoms with Crippen molar-refractivity contribution in [2.75, 3.05) is 0 Å². The molecule has 0 aliphatic carbocycles. The van der Waals surface area contributed by atoms with Crippen LogP contribution in [-0.4, -0.2) is 34.6 Å². The van der Waals surface area contributed by atoms with Crippen LogP contribution in [0.2, 0.25) is 0 Å². The van der Waals surface area contributed by atoms with Crippen molar-refractivity contribution in [2.45, 2.75) is 6.92 Å². The number of fused-ring (bicyclic) bond motifs is 9. The molecule has 0 aliphatic heterocycles. The summed E-state index contributed by atoms with van der Waals surface area (Å²) in [6.07, 6.45) is 5.46. The molecule has 0 atom stereocenters. The Balaban J connectivity index is 0.00000868. The number of para-hydroxylation sites is 6. The van der Waals surface area contributed by atoms with E-state index in [1.165, 1.54) is 0 Å². The van der Waals surface area contributed by atoms with Gasteiger partial charge in [-0.15, -0.1) is 71.3 Å². The first-order chi connectivity index (χ1) is 56.9. The third-order valence-corrected chi connectivity index (χ3v) is 22.4. The van der Waals surface area contributed by atoms with E-state index in [2.05, 4.69) is 342 Å². The molecule has 6 heterocycles. The number of aromatic nitrogens is 6. The van der Waals surface area contributed by atoms with Gasteiger partial charge in [0.2, 0.25) is 0 Å². The zero-order chi connectivity index (χ0) is 76.5. The van der Waals surface area contributed by atoms with Gasteiger partial charge in [0.05, 0.1) is 44.4 Å². The number of aryl methyl sites for hydroxylation is 1. The molecule has 0 unspecified atom stereocenters. The number of benzene rings is 15. The van der Waals surface area contributed by atoms with Crippen molar-refractivity contribution in [2.24, 2.45) is 0 Å². The van der Waals surface area contributed by atoms with E-state index >= 15 is 4.79 Å². The van der Waals surface area contributed by atoms with E-state index in [0.717, 1.165) is 194 Å². The Bertz CT molecular complexity index is 7090. The van der Waals surface area contributed by atoms with Crippen LogP contribution in [0.1, 0.15) is 15.9 Å². The van der Waals surface area contributed by atoms with Gasteiger partial charge in [0, 0.05) is 68.0 Å². The number of ether oxygens (including phenoxy) is 1. The molecule has 0 aliphatic rings. The zero-order valence-corrected chi connectivity index (χ0v) is 65.2. The van der Waals surface area contributed by atoms with Gasteiger partial charge in [-0.25, -0.2) is 4.79 Å². The molecule has 9 heteroatoms. The Hall–Kier alpha value is -14.7. The van der Waals surface area contributed by atoms with Crippen LogP contribution in [0.15, 0.2) is 389 Å². The third-order valence-electron chi connectivity index (χ3n) is 22.4. The van der Waals surface area contributed by atoms with Gasteiger partial charge in [-0.3, -0.25) is 0 Å². The molecule has 0 spiro atoms. The van der Waals surface area contributed by atoms with Crippen molar-refractivity contribution >= 4 is 71.4 Å². The summed E-state index contributed by atoms with van der Waals surface area (Å²) in [6, 6.07) is 140. The van der Waals surface area contributed by atoms with Gasteiger partial charge in [-0.05, 0) is 190 Å². The number of hydrogen-bond donors (Lipinski definition) is 0. The molecule has 15 aromatic carbocycles. The van der Waals surface area contributed by atoms with Crippen molar-refractivity contribution in [1.29, 1.82) is 0 Å². The molecule has 21 aromatic rings. The molecule has 0 N–H and O–H groups in total. The summed E-state index contributed by atoms with van der Waals surface area (Å²) >= 11 is 0. The maximum Gasteiger partial charge on any atom is 3.00 e. The standard InChI is InChI=1S/C107H67N6O2.Ir/c1-69-26-25-59-110-106(69)75-50-56-105(93(68-75)72-49-55-104-96(65-72)90-39-17-20-44-101(90)113(104)81-31-9-4-10-32-81)115-107(114)78-61-76(82-33-11-13-35-84(82)86-51-45-73(97-40-21-23-57-108-97)66-91(86)70-47-53-102-94(63-70)88-37-15-18-42-99(88)111(102)79-27-5-2-6-28-79)60-77(62-78)83-34-12-14-36-85(83)87-52-46-74(98-41-22-24-58-109-98)67-92(87)71-48-54-103-95(64-71)89-38-16-19-43-100(89)112(103)80-29-7-3-8-30-80;/h2-44,47-49,51-68H,1H3;/q-3;+3. The molecule has 6 aromatic heterocycles. The van der Waals surface area contributed by atoms with E-state index in [4.69, 9.17) is 19.7 Å². The fraction of sp³-hybridized carbons (Fsp3) is 0.00935. The number of esters is 1. The molecular weight excluding hydrogens is 1590 g/mol. The van der Waals surface area contributed by atoms with Crippen LogP contribution in [0, 0.1) is 25.1 Å². The fourth-order valence-electron chi connectivity index (χ4n) is 17.1. The Morgan fingerprint density at radius 3 is 1.09 bits per heavy atom. The van der Waals surface area contributed by atoms with Crippen molar-refractivity contribution in [1.82, 2.24) is 28.7 Å². The molecule has 8 nitrogen and oxygen atoms in total. The van der Waals surface area contributed by atoms with E-state index in [0.29, 0.717) is 16.9 Å². The average molecular weight is 1660 g/mol. The van der Waals surface area contributed by atoms with Crippen LogP contribution in [0.4, 0.5) is 0 Å². The van der Waals surface area contributed by atoms with Gasteiger partial charge in [0.25, 0.3) is 0 Å². The number of hydrogen-bond acceptors (Lipinski definition) is 5. The predicted molar refractivity (Wildman–Crippen MR) is 470 cm³/mol. The van der Waals surface area contributed by atoms with Crippen molar-refractivity contribution in [3.63, 3.8) is 0 Å². The summed E-state index contributed by atoms with van der Waals surface area (Å²) in [7, 11) is 0. The maximum atomic E-state index is 16.4. The molecule has 0 saturated carbocycles. The summed E-state index contributed by atoms with van der Waals surface area (Å²) in [5, 5.41) is 6.70. The molecule has 21 rings (SSSR count). The second-order valence-corrected chi connectivity index (χ2v) is 29.1. The summed E-state index contributed by atoms with van der Waals surface area (Å²) in [5.74, 6) is -0.208. The molecule has 0 bridgehead atoms. The van der Waals surface area contributed by atoms with Gasteiger partial charge in [0.1, 0.15) is 0 Å². The minimum atomic E-state index is -0.551. The molecule has 0 fully saturated rings. The fourth-order valence-corrected chi connectivity index (χ4v) is 17.1. The van der Waals surface area contributed by atoms with Crippen molar-refractivity contribution < 1.29 is 29.6 Å². The van der Waals surface area contributed by atoms with Crippen LogP contribution < -0.4 is 4.74 Å². The second kappa shape index (κ2) is 29.7. The summed E-state index contributed by atoms with van der Waals surface area (Å²) in [5.41, 5.74) is 28.7. The van der Waals surface area contributed by atoms with E-state index < -0.39 is 5.97 Å². The van der Waals surface area contributed by atoms with Crippen LogP contribution in [0.25, 0.3) is 194 Å². The van der Waals surface area contributed by atoms with Crippen LogP contribution in [0.3, 0.4) is 0 Å². The van der Waals surface area contributed by atoms with E-state index in [1.807, 2.05) is 73.1 Å². The second-order valence-electron chi connectivity index (χ2n) is 29.1. The maximum absolute atomic E-state index is 16.4. The number of carbonyl (C=O) groups is 1. The first-order valence-corrected chi connectivity index (χ1v) is 38.6. The Kier molecular flexibility index (Phi) is 18.0. The van der Waals surface area contributed by atoms with Gasteiger partial charge in [0.15, 0.2) is 0 Å². The van der Waals surface area contributed by atoms with E-state index in [9.17, 15) is 0 Å². The molecule has 0 saturated heterocycles. The quantitative estimate of drug-likeness (QED) is 0.0580. The van der Waals surface area contributed by atoms with Crippen LogP contribution in [0.5, 0.6) is 5.75 Å².